The predicted octanol–water partition coefficient (Wildman–Crippen LogP) is 3.23. The van der Waals surface area contributed by atoms with E-state index in [0.717, 1.165) is 16.8 Å². The lowest BCUT2D eigenvalue weighted by atomic mass is 10.2. The number of thiophene rings is 1. The van der Waals surface area contributed by atoms with Crippen molar-refractivity contribution in [3.8, 4) is 5.75 Å². The van der Waals surface area contributed by atoms with Crippen molar-refractivity contribution in [2.24, 2.45) is 0 Å². The molecule has 0 aliphatic rings. The molecule has 2 aromatic heterocycles. The SMILES string of the molecule is COc1cccc(CNC(=O)CCCn2c(=S)[nH]c3ccsc3c2=O)c1. The molecule has 2 N–H and O–H groups in total. The molecule has 3 aromatic rings. The quantitative estimate of drug-likeness (QED) is 0.609. The summed E-state index contributed by atoms with van der Waals surface area (Å²) in [5.74, 6) is 0.697. The molecule has 0 saturated heterocycles. The molecule has 0 spiro atoms. The van der Waals surface area contributed by atoms with Crippen molar-refractivity contribution in [2.75, 3.05) is 7.11 Å². The van der Waals surface area contributed by atoms with Crippen LogP contribution in [0.3, 0.4) is 0 Å². The van der Waals surface area contributed by atoms with Gasteiger partial charge < -0.3 is 15.0 Å². The number of methoxy groups -OCH3 is 1. The van der Waals surface area contributed by atoms with E-state index in [0.29, 0.717) is 35.4 Å². The van der Waals surface area contributed by atoms with Crippen molar-refractivity contribution in [1.82, 2.24) is 14.9 Å². The Balaban J connectivity index is 1.54. The van der Waals surface area contributed by atoms with Gasteiger partial charge in [0.2, 0.25) is 5.91 Å². The zero-order valence-corrected chi connectivity index (χ0v) is 15.9. The van der Waals surface area contributed by atoms with Crippen molar-refractivity contribution < 1.29 is 9.53 Å². The lowest BCUT2D eigenvalue weighted by Crippen LogP contribution is -2.25. The molecule has 26 heavy (non-hydrogen) atoms. The number of carbonyl (C=O) groups is 1. The Kier molecular flexibility index (Phi) is 5.85. The number of hydrogen-bond acceptors (Lipinski definition) is 5. The number of amides is 1. The number of aromatic nitrogens is 2. The van der Waals surface area contributed by atoms with Crippen LogP contribution in [0.15, 0.2) is 40.5 Å². The second-order valence-electron chi connectivity index (χ2n) is 5.78. The van der Waals surface area contributed by atoms with E-state index in [1.807, 2.05) is 35.7 Å². The molecule has 2 heterocycles. The predicted molar refractivity (Wildman–Crippen MR) is 105 cm³/mol. The molecule has 0 aliphatic heterocycles. The van der Waals surface area contributed by atoms with Crippen molar-refractivity contribution >= 4 is 39.7 Å². The van der Waals surface area contributed by atoms with Gasteiger partial charge in [-0.1, -0.05) is 12.1 Å². The standard InChI is InChI=1S/C18H19N3O3S2/c1-24-13-5-2-4-12(10-13)11-19-15(22)6-3-8-21-17(23)16-14(7-9-26-16)20-18(21)25/h2,4-5,7,9-10H,3,6,8,11H2,1H3,(H,19,22)(H,20,25). The first-order chi connectivity index (χ1) is 12.6. The zero-order valence-electron chi connectivity index (χ0n) is 14.3. The minimum Gasteiger partial charge on any atom is -0.497 e. The van der Waals surface area contributed by atoms with Crippen LogP contribution in [-0.2, 0) is 17.9 Å². The topological polar surface area (TPSA) is 76.1 Å². The van der Waals surface area contributed by atoms with E-state index in [4.69, 9.17) is 17.0 Å². The summed E-state index contributed by atoms with van der Waals surface area (Å²) >= 11 is 6.64. The zero-order chi connectivity index (χ0) is 18.5. The van der Waals surface area contributed by atoms with Crippen LogP contribution >= 0.6 is 23.6 Å². The van der Waals surface area contributed by atoms with E-state index in [1.165, 1.54) is 15.9 Å². The Morgan fingerprint density at radius 3 is 3.04 bits per heavy atom. The average molecular weight is 390 g/mol. The Morgan fingerprint density at radius 1 is 1.38 bits per heavy atom. The molecule has 0 aliphatic carbocycles. The molecule has 0 radical (unpaired) electrons. The van der Waals surface area contributed by atoms with Gasteiger partial charge in [-0.15, -0.1) is 11.3 Å². The fourth-order valence-electron chi connectivity index (χ4n) is 2.64. The molecule has 8 heteroatoms. The Morgan fingerprint density at radius 2 is 2.23 bits per heavy atom. The summed E-state index contributed by atoms with van der Waals surface area (Å²) in [7, 11) is 1.61. The van der Waals surface area contributed by atoms with Gasteiger partial charge in [-0.3, -0.25) is 14.2 Å². The third-order valence-electron chi connectivity index (χ3n) is 4.00. The summed E-state index contributed by atoms with van der Waals surface area (Å²) in [5, 5.41) is 4.73. The van der Waals surface area contributed by atoms with Crippen LogP contribution < -0.4 is 15.6 Å². The number of carbonyl (C=O) groups excluding carboxylic acids is 1. The fourth-order valence-corrected chi connectivity index (χ4v) is 3.72. The van der Waals surface area contributed by atoms with Crippen molar-refractivity contribution in [2.45, 2.75) is 25.9 Å². The van der Waals surface area contributed by atoms with Crippen molar-refractivity contribution in [3.05, 3.63) is 56.4 Å². The monoisotopic (exact) mass is 389 g/mol. The van der Waals surface area contributed by atoms with Gasteiger partial charge in [0, 0.05) is 19.5 Å². The largest absolute Gasteiger partial charge is 0.497 e. The summed E-state index contributed by atoms with van der Waals surface area (Å²) in [4.78, 5) is 27.5. The molecular weight excluding hydrogens is 370 g/mol. The van der Waals surface area contributed by atoms with Gasteiger partial charge >= 0.3 is 0 Å². The van der Waals surface area contributed by atoms with E-state index in [1.54, 1.807) is 7.11 Å². The summed E-state index contributed by atoms with van der Waals surface area (Å²) in [6.45, 7) is 0.853. The Hall–Kier alpha value is -2.45. The summed E-state index contributed by atoms with van der Waals surface area (Å²) in [6, 6.07) is 9.40. The van der Waals surface area contributed by atoms with Crippen LogP contribution in [0.4, 0.5) is 0 Å². The van der Waals surface area contributed by atoms with E-state index in [9.17, 15) is 9.59 Å². The maximum Gasteiger partial charge on any atom is 0.272 e. The Labute approximate surface area is 159 Å². The molecule has 1 aromatic carbocycles. The second-order valence-corrected chi connectivity index (χ2v) is 7.08. The number of hydrogen-bond donors (Lipinski definition) is 2. The molecule has 0 saturated carbocycles. The highest BCUT2D eigenvalue weighted by atomic mass is 32.1. The van der Waals surface area contributed by atoms with Crippen LogP contribution in [0, 0.1) is 4.77 Å². The number of fused-ring (bicyclic) bond motifs is 1. The molecule has 0 atom stereocenters. The molecule has 6 nitrogen and oxygen atoms in total. The molecule has 0 unspecified atom stereocenters. The third-order valence-corrected chi connectivity index (χ3v) is 5.23. The Bertz CT molecular complexity index is 1040. The van der Waals surface area contributed by atoms with Gasteiger partial charge in [0.1, 0.15) is 10.4 Å². The van der Waals surface area contributed by atoms with Crippen LogP contribution in [-0.4, -0.2) is 22.6 Å². The number of H-pyrrole nitrogens is 1. The third kappa shape index (κ3) is 4.20. The molecule has 0 bridgehead atoms. The highest BCUT2D eigenvalue weighted by Crippen LogP contribution is 2.14. The van der Waals surface area contributed by atoms with Gasteiger partial charge in [0.05, 0.1) is 12.6 Å². The van der Waals surface area contributed by atoms with Crippen LogP contribution in [0.5, 0.6) is 5.75 Å². The molecule has 0 fully saturated rings. The normalized spacial score (nSPS) is 10.8. The number of rotatable bonds is 7. The number of benzene rings is 1. The highest BCUT2D eigenvalue weighted by Gasteiger charge is 2.08. The summed E-state index contributed by atoms with van der Waals surface area (Å²) in [6.07, 6.45) is 0.867. The first-order valence-corrected chi connectivity index (χ1v) is 9.47. The van der Waals surface area contributed by atoms with E-state index in [2.05, 4.69) is 10.3 Å². The minimum atomic E-state index is -0.101. The number of ether oxygens (including phenoxy) is 1. The second kappa shape index (κ2) is 8.29. The summed E-state index contributed by atoms with van der Waals surface area (Å²) < 4.78 is 7.72. The van der Waals surface area contributed by atoms with E-state index in [-0.39, 0.29) is 11.5 Å². The van der Waals surface area contributed by atoms with Crippen LogP contribution in [0.25, 0.3) is 10.2 Å². The maximum atomic E-state index is 12.4. The molecular formula is C18H19N3O3S2. The molecule has 136 valence electrons. The molecule has 3 rings (SSSR count). The summed E-state index contributed by atoms with van der Waals surface area (Å²) in [5.41, 5.74) is 1.63. The average Bonchev–Trinajstić information content (AvgIpc) is 3.11. The smallest absolute Gasteiger partial charge is 0.272 e. The first-order valence-electron chi connectivity index (χ1n) is 8.18. The van der Waals surface area contributed by atoms with Crippen LogP contribution in [0.1, 0.15) is 18.4 Å². The minimum absolute atomic E-state index is 0.0621. The lowest BCUT2D eigenvalue weighted by molar-refractivity contribution is -0.121. The highest BCUT2D eigenvalue weighted by molar-refractivity contribution is 7.71. The maximum absolute atomic E-state index is 12.4. The van der Waals surface area contributed by atoms with E-state index < -0.39 is 0 Å². The van der Waals surface area contributed by atoms with Crippen LogP contribution in [0.2, 0.25) is 0 Å². The fraction of sp³-hybridized carbons (Fsp3) is 0.278. The van der Waals surface area contributed by atoms with Crippen molar-refractivity contribution in [1.29, 1.82) is 0 Å². The van der Waals surface area contributed by atoms with Gasteiger partial charge in [-0.2, -0.15) is 0 Å². The van der Waals surface area contributed by atoms with Gasteiger partial charge in [-0.25, -0.2) is 0 Å². The number of nitrogens with zero attached hydrogens (tertiary/aromatic N) is 1. The van der Waals surface area contributed by atoms with Gasteiger partial charge in [0.15, 0.2) is 4.77 Å². The number of nitrogens with one attached hydrogen (secondary N) is 2. The van der Waals surface area contributed by atoms with Gasteiger partial charge in [-0.05, 0) is 47.8 Å². The molecule has 1 amide bonds. The first kappa shape index (κ1) is 18.3. The van der Waals surface area contributed by atoms with Gasteiger partial charge in [0.25, 0.3) is 5.56 Å². The number of aromatic amines is 1. The lowest BCUT2D eigenvalue weighted by Gasteiger charge is -2.08. The van der Waals surface area contributed by atoms with Crippen molar-refractivity contribution in [3.63, 3.8) is 0 Å². The van der Waals surface area contributed by atoms with E-state index >= 15 is 0 Å².